The number of methoxy groups -OCH3 is 1. The van der Waals surface area contributed by atoms with Crippen molar-refractivity contribution in [1.29, 1.82) is 0 Å². The van der Waals surface area contributed by atoms with Crippen LogP contribution in [0.1, 0.15) is 20.8 Å². The maximum Gasteiger partial charge on any atom is 0.337 e. The van der Waals surface area contributed by atoms with Crippen molar-refractivity contribution in [2.45, 2.75) is 0 Å². The summed E-state index contributed by atoms with van der Waals surface area (Å²) in [6.45, 7) is 3.72. The number of aromatic nitrogens is 2. The molecule has 1 aliphatic rings. The first-order valence-corrected chi connectivity index (χ1v) is 8.34. The molecule has 0 bridgehead atoms. The van der Waals surface area contributed by atoms with Crippen LogP contribution >= 0.6 is 0 Å². The maximum absolute atomic E-state index is 12.3. The second kappa shape index (κ2) is 7.92. The van der Waals surface area contributed by atoms with Crippen molar-refractivity contribution in [2.75, 3.05) is 50.6 Å². The third-order valence-electron chi connectivity index (χ3n) is 4.25. The normalized spacial score (nSPS) is 14.8. The van der Waals surface area contributed by atoms with Crippen LogP contribution in [0.25, 0.3) is 0 Å². The van der Waals surface area contributed by atoms with E-state index in [1.807, 2.05) is 0 Å². The van der Waals surface area contributed by atoms with E-state index >= 15 is 0 Å². The van der Waals surface area contributed by atoms with Gasteiger partial charge in [0.05, 0.1) is 12.7 Å². The van der Waals surface area contributed by atoms with E-state index in [2.05, 4.69) is 37.1 Å². The number of likely N-dealkylation sites (N-methyl/N-ethyl adjacent to an activating group) is 1. The first kappa shape index (κ1) is 17.8. The highest BCUT2D eigenvalue weighted by Gasteiger charge is 2.17. The first-order chi connectivity index (χ1) is 12.6. The van der Waals surface area contributed by atoms with Crippen LogP contribution in [0.5, 0.6) is 0 Å². The van der Waals surface area contributed by atoms with Gasteiger partial charge >= 0.3 is 5.97 Å². The van der Waals surface area contributed by atoms with Crippen LogP contribution in [0.4, 0.5) is 11.5 Å². The van der Waals surface area contributed by atoms with Crippen LogP contribution in [0.3, 0.4) is 0 Å². The number of ether oxygens (including phenoxy) is 1. The second-order valence-electron chi connectivity index (χ2n) is 6.09. The summed E-state index contributed by atoms with van der Waals surface area (Å²) in [4.78, 5) is 28.3. The van der Waals surface area contributed by atoms with Crippen molar-refractivity contribution in [3.8, 4) is 0 Å². The van der Waals surface area contributed by atoms with Crippen molar-refractivity contribution < 1.29 is 14.3 Å². The van der Waals surface area contributed by atoms with Crippen molar-refractivity contribution in [3.05, 3.63) is 47.7 Å². The predicted molar refractivity (Wildman–Crippen MR) is 97.5 cm³/mol. The number of carbonyl (C=O) groups is 2. The van der Waals surface area contributed by atoms with E-state index in [0.717, 1.165) is 32.0 Å². The number of esters is 1. The maximum atomic E-state index is 12.3. The molecule has 0 radical (unpaired) electrons. The highest BCUT2D eigenvalue weighted by Crippen LogP contribution is 2.15. The van der Waals surface area contributed by atoms with E-state index in [0.29, 0.717) is 11.3 Å². The van der Waals surface area contributed by atoms with Crippen LogP contribution in [-0.4, -0.2) is 67.3 Å². The van der Waals surface area contributed by atoms with Gasteiger partial charge < -0.3 is 19.9 Å². The third kappa shape index (κ3) is 4.15. The quantitative estimate of drug-likeness (QED) is 0.826. The Bertz CT molecular complexity index is 786. The molecule has 1 aromatic carbocycles. The lowest BCUT2D eigenvalue weighted by Crippen LogP contribution is -2.44. The molecule has 3 rings (SSSR count). The summed E-state index contributed by atoms with van der Waals surface area (Å²) >= 11 is 0. The number of piperazine rings is 1. The molecule has 0 unspecified atom stereocenters. The van der Waals surface area contributed by atoms with E-state index in [1.165, 1.54) is 7.11 Å². The summed E-state index contributed by atoms with van der Waals surface area (Å²) in [7, 11) is 3.40. The number of amides is 1. The standard InChI is InChI=1S/C18H21N5O3/c1-22-8-10-23(11-9-22)16-7-6-15(20-21-16)17(24)19-14-5-3-4-13(12-14)18(25)26-2/h3-7,12H,8-11H2,1-2H3,(H,19,24). The van der Waals surface area contributed by atoms with Gasteiger partial charge in [-0.2, -0.15) is 0 Å². The Hall–Kier alpha value is -3.00. The summed E-state index contributed by atoms with van der Waals surface area (Å²) in [5.41, 5.74) is 1.07. The van der Waals surface area contributed by atoms with E-state index in [1.54, 1.807) is 36.4 Å². The van der Waals surface area contributed by atoms with Gasteiger partial charge in [-0.1, -0.05) is 6.07 Å². The van der Waals surface area contributed by atoms with Gasteiger partial charge in [-0.15, -0.1) is 10.2 Å². The average molecular weight is 355 g/mol. The number of benzene rings is 1. The third-order valence-corrected chi connectivity index (χ3v) is 4.25. The minimum atomic E-state index is -0.461. The number of anilines is 2. The molecule has 1 aromatic heterocycles. The predicted octanol–water partition coefficient (Wildman–Crippen LogP) is 1.27. The Labute approximate surface area is 151 Å². The number of hydrogen-bond acceptors (Lipinski definition) is 7. The van der Waals surface area contributed by atoms with E-state index in [9.17, 15) is 9.59 Å². The molecule has 2 aromatic rings. The Morgan fingerprint density at radius 3 is 2.50 bits per heavy atom. The summed E-state index contributed by atoms with van der Waals surface area (Å²) in [6.07, 6.45) is 0. The summed E-state index contributed by atoms with van der Waals surface area (Å²) in [5.74, 6) is -0.0794. The smallest absolute Gasteiger partial charge is 0.337 e. The topological polar surface area (TPSA) is 87.7 Å². The van der Waals surface area contributed by atoms with Crippen LogP contribution in [-0.2, 0) is 4.74 Å². The molecule has 0 aliphatic carbocycles. The molecule has 1 saturated heterocycles. The molecule has 2 heterocycles. The molecule has 1 fully saturated rings. The number of carbonyl (C=O) groups excluding carboxylic acids is 2. The van der Waals surface area contributed by atoms with Gasteiger partial charge in [0.15, 0.2) is 11.5 Å². The summed E-state index contributed by atoms with van der Waals surface area (Å²) in [6, 6.07) is 9.99. The molecule has 1 aliphatic heterocycles. The lowest BCUT2D eigenvalue weighted by Gasteiger charge is -2.32. The largest absolute Gasteiger partial charge is 0.465 e. The number of nitrogens with zero attached hydrogens (tertiary/aromatic N) is 4. The first-order valence-electron chi connectivity index (χ1n) is 8.34. The van der Waals surface area contributed by atoms with Gasteiger partial charge in [0.1, 0.15) is 0 Å². The van der Waals surface area contributed by atoms with Crippen LogP contribution in [0.15, 0.2) is 36.4 Å². The van der Waals surface area contributed by atoms with Gasteiger partial charge in [-0.05, 0) is 37.4 Å². The van der Waals surface area contributed by atoms with Gasteiger partial charge in [0.25, 0.3) is 5.91 Å². The van der Waals surface area contributed by atoms with Crippen molar-refractivity contribution >= 4 is 23.4 Å². The molecule has 1 N–H and O–H groups in total. The Morgan fingerprint density at radius 1 is 1.08 bits per heavy atom. The Balaban J connectivity index is 1.66. The molecule has 8 nitrogen and oxygen atoms in total. The molecular formula is C18H21N5O3. The highest BCUT2D eigenvalue weighted by atomic mass is 16.5. The summed E-state index contributed by atoms with van der Waals surface area (Å²) < 4.78 is 4.68. The van der Waals surface area contributed by atoms with E-state index in [4.69, 9.17) is 0 Å². The monoisotopic (exact) mass is 355 g/mol. The number of hydrogen-bond donors (Lipinski definition) is 1. The molecule has 0 atom stereocenters. The van der Waals surface area contributed by atoms with Crippen LogP contribution in [0, 0.1) is 0 Å². The van der Waals surface area contributed by atoms with Crippen LogP contribution < -0.4 is 10.2 Å². The zero-order chi connectivity index (χ0) is 18.5. The summed E-state index contributed by atoms with van der Waals surface area (Å²) in [5, 5.41) is 10.9. The SMILES string of the molecule is COC(=O)c1cccc(NC(=O)c2ccc(N3CCN(C)CC3)nn2)c1. The fourth-order valence-electron chi connectivity index (χ4n) is 2.69. The molecule has 0 spiro atoms. The Kier molecular flexibility index (Phi) is 5.43. The Morgan fingerprint density at radius 2 is 1.85 bits per heavy atom. The van der Waals surface area contributed by atoms with Crippen molar-refractivity contribution in [2.24, 2.45) is 0 Å². The van der Waals surface area contributed by atoms with Crippen molar-refractivity contribution in [1.82, 2.24) is 15.1 Å². The van der Waals surface area contributed by atoms with Gasteiger partial charge in [-0.25, -0.2) is 4.79 Å². The molecule has 8 heteroatoms. The zero-order valence-electron chi connectivity index (χ0n) is 14.8. The van der Waals surface area contributed by atoms with Crippen LogP contribution in [0.2, 0.25) is 0 Å². The fourth-order valence-corrected chi connectivity index (χ4v) is 2.69. The van der Waals surface area contributed by atoms with Crippen molar-refractivity contribution in [3.63, 3.8) is 0 Å². The lowest BCUT2D eigenvalue weighted by atomic mass is 10.2. The zero-order valence-corrected chi connectivity index (χ0v) is 14.8. The number of rotatable bonds is 4. The van der Waals surface area contributed by atoms with Gasteiger partial charge in [0, 0.05) is 31.9 Å². The lowest BCUT2D eigenvalue weighted by molar-refractivity contribution is 0.0600. The van der Waals surface area contributed by atoms with E-state index in [-0.39, 0.29) is 11.6 Å². The average Bonchev–Trinajstić information content (AvgIpc) is 2.68. The fraction of sp³-hybridized carbons (Fsp3) is 0.333. The van der Waals surface area contributed by atoms with Gasteiger partial charge in [-0.3, -0.25) is 4.79 Å². The second-order valence-corrected chi connectivity index (χ2v) is 6.09. The molecule has 26 heavy (non-hydrogen) atoms. The molecule has 0 saturated carbocycles. The van der Waals surface area contributed by atoms with Gasteiger partial charge in [0.2, 0.25) is 0 Å². The molecular weight excluding hydrogens is 334 g/mol. The minimum Gasteiger partial charge on any atom is -0.465 e. The minimum absolute atomic E-state index is 0.214. The highest BCUT2D eigenvalue weighted by molar-refractivity contribution is 6.03. The molecule has 1 amide bonds. The number of nitrogens with one attached hydrogen (secondary N) is 1. The molecule has 136 valence electrons. The van der Waals surface area contributed by atoms with E-state index < -0.39 is 5.97 Å².